The molecule has 3 nitrogen and oxygen atoms in total. The fourth-order valence-electron chi connectivity index (χ4n) is 2.16. The second-order valence-electron chi connectivity index (χ2n) is 4.38. The number of hydrogen-bond donors (Lipinski definition) is 1. The highest BCUT2D eigenvalue weighted by atomic mass is 32.2. The first-order valence-corrected chi connectivity index (χ1v) is 7.50. The molecule has 0 fully saturated rings. The normalized spacial score (nSPS) is 22.2. The van der Waals surface area contributed by atoms with Gasteiger partial charge in [0.1, 0.15) is 17.6 Å². The molecule has 2 atom stereocenters. The zero-order valence-corrected chi connectivity index (χ0v) is 11.7. The Kier molecular flexibility index (Phi) is 4.78. The van der Waals surface area contributed by atoms with Crippen LogP contribution in [-0.4, -0.2) is 29.8 Å². The van der Waals surface area contributed by atoms with E-state index >= 15 is 0 Å². The summed E-state index contributed by atoms with van der Waals surface area (Å²) < 4.78 is 11.1. The number of rotatable bonds is 5. The molecule has 0 saturated heterocycles. The lowest BCUT2D eigenvalue weighted by Crippen LogP contribution is -2.26. The van der Waals surface area contributed by atoms with E-state index < -0.39 is 6.10 Å². The van der Waals surface area contributed by atoms with Gasteiger partial charge in [-0.1, -0.05) is 6.92 Å². The second-order valence-corrected chi connectivity index (χ2v) is 5.77. The summed E-state index contributed by atoms with van der Waals surface area (Å²) in [5.41, 5.74) is 0.841. The average molecular weight is 268 g/mol. The molecule has 0 spiro atoms. The van der Waals surface area contributed by atoms with Crippen molar-refractivity contribution in [2.24, 2.45) is 0 Å². The first kappa shape index (κ1) is 13.6. The molecule has 0 aliphatic carbocycles. The molecule has 0 saturated carbocycles. The lowest BCUT2D eigenvalue weighted by molar-refractivity contribution is 0.0645. The average Bonchev–Trinajstić information content (AvgIpc) is 2.39. The topological polar surface area (TPSA) is 38.7 Å². The van der Waals surface area contributed by atoms with E-state index in [0.29, 0.717) is 6.42 Å². The Morgan fingerprint density at radius 1 is 1.50 bits per heavy atom. The number of fused-ring (bicyclic) bond motifs is 1. The molecule has 1 aliphatic heterocycles. The van der Waals surface area contributed by atoms with Crippen LogP contribution >= 0.6 is 11.8 Å². The van der Waals surface area contributed by atoms with Crippen molar-refractivity contribution in [1.29, 1.82) is 0 Å². The zero-order valence-electron chi connectivity index (χ0n) is 10.9. The van der Waals surface area contributed by atoms with E-state index in [1.807, 2.05) is 30.0 Å². The number of aliphatic hydroxyl groups is 1. The van der Waals surface area contributed by atoms with Crippen LogP contribution in [0.4, 0.5) is 0 Å². The maximum absolute atomic E-state index is 10.2. The van der Waals surface area contributed by atoms with Gasteiger partial charge in [0.25, 0.3) is 0 Å². The van der Waals surface area contributed by atoms with E-state index in [9.17, 15) is 5.11 Å². The minimum Gasteiger partial charge on any atom is -0.497 e. The number of methoxy groups -OCH3 is 1. The van der Waals surface area contributed by atoms with E-state index in [1.165, 1.54) is 0 Å². The van der Waals surface area contributed by atoms with Crippen LogP contribution in [0.2, 0.25) is 0 Å². The van der Waals surface area contributed by atoms with Gasteiger partial charge in [0.05, 0.1) is 13.2 Å². The highest BCUT2D eigenvalue weighted by molar-refractivity contribution is 7.99. The smallest absolute Gasteiger partial charge is 0.125 e. The van der Waals surface area contributed by atoms with Crippen LogP contribution in [0.3, 0.4) is 0 Å². The Morgan fingerprint density at radius 3 is 3.06 bits per heavy atom. The van der Waals surface area contributed by atoms with Gasteiger partial charge in [-0.05, 0) is 36.1 Å². The van der Waals surface area contributed by atoms with E-state index in [1.54, 1.807) is 7.11 Å². The Balaban J connectivity index is 2.04. The predicted molar refractivity (Wildman–Crippen MR) is 74.6 cm³/mol. The molecule has 0 aromatic heterocycles. The van der Waals surface area contributed by atoms with Crippen molar-refractivity contribution >= 4 is 11.8 Å². The Labute approximate surface area is 112 Å². The molecule has 1 N–H and O–H groups in total. The molecule has 18 heavy (non-hydrogen) atoms. The van der Waals surface area contributed by atoms with Crippen LogP contribution in [-0.2, 0) is 0 Å². The highest BCUT2D eigenvalue weighted by Crippen LogP contribution is 2.37. The lowest BCUT2D eigenvalue weighted by atomic mass is 9.97. The van der Waals surface area contributed by atoms with Gasteiger partial charge >= 0.3 is 0 Å². The number of thioether (sulfide) groups is 1. The van der Waals surface area contributed by atoms with Crippen molar-refractivity contribution in [1.82, 2.24) is 0 Å². The summed E-state index contributed by atoms with van der Waals surface area (Å²) in [7, 11) is 1.63. The summed E-state index contributed by atoms with van der Waals surface area (Å²) in [6.07, 6.45) is 1.34. The third kappa shape index (κ3) is 3.12. The van der Waals surface area contributed by atoms with E-state index in [2.05, 4.69) is 6.92 Å². The van der Waals surface area contributed by atoms with Crippen LogP contribution in [0, 0.1) is 0 Å². The maximum atomic E-state index is 10.2. The zero-order chi connectivity index (χ0) is 13.0. The highest BCUT2D eigenvalue weighted by Gasteiger charge is 2.26. The van der Waals surface area contributed by atoms with Crippen LogP contribution in [0.5, 0.6) is 11.5 Å². The van der Waals surface area contributed by atoms with Gasteiger partial charge in [0.15, 0.2) is 0 Å². The second kappa shape index (κ2) is 6.34. The molecule has 100 valence electrons. The van der Waals surface area contributed by atoms with E-state index in [-0.39, 0.29) is 6.10 Å². The molecule has 0 bridgehead atoms. The largest absolute Gasteiger partial charge is 0.497 e. The van der Waals surface area contributed by atoms with Gasteiger partial charge in [0, 0.05) is 12.0 Å². The third-order valence-electron chi connectivity index (χ3n) is 3.14. The Bertz CT molecular complexity index is 395. The van der Waals surface area contributed by atoms with Crippen molar-refractivity contribution in [3.05, 3.63) is 23.8 Å². The summed E-state index contributed by atoms with van der Waals surface area (Å²) in [6.45, 7) is 2.16. The summed E-state index contributed by atoms with van der Waals surface area (Å²) in [5.74, 6) is 3.76. The first-order valence-electron chi connectivity index (χ1n) is 6.35. The van der Waals surface area contributed by atoms with Crippen LogP contribution in [0.25, 0.3) is 0 Å². The summed E-state index contributed by atoms with van der Waals surface area (Å²) >= 11 is 1.91. The molecular formula is C14H20O3S. The van der Waals surface area contributed by atoms with Gasteiger partial charge < -0.3 is 14.6 Å². The lowest BCUT2D eigenvalue weighted by Gasteiger charge is -2.29. The van der Waals surface area contributed by atoms with Crippen molar-refractivity contribution in [3.8, 4) is 11.5 Å². The Hall–Kier alpha value is -0.870. The summed E-state index contributed by atoms with van der Waals surface area (Å²) in [6, 6.07) is 5.61. The van der Waals surface area contributed by atoms with Crippen LogP contribution < -0.4 is 9.47 Å². The number of benzene rings is 1. The standard InChI is InChI=1S/C14H20O3S/c1-3-18-7-6-11-9-13(15)12-8-10(16-2)4-5-14(12)17-11/h4-5,8,11,13,15H,3,6-7,9H2,1-2H3. The molecule has 1 heterocycles. The molecule has 4 heteroatoms. The number of hydrogen-bond acceptors (Lipinski definition) is 4. The van der Waals surface area contributed by atoms with Crippen LogP contribution in [0.15, 0.2) is 18.2 Å². The fraction of sp³-hybridized carbons (Fsp3) is 0.571. The van der Waals surface area contributed by atoms with E-state index in [4.69, 9.17) is 9.47 Å². The number of aliphatic hydroxyl groups excluding tert-OH is 1. The third-order valence-corrected chi connectivity index (χ3v) is 4.08. The molecule has 0 radical (unpaired) electrons. The van der Waals surface area contributed by atoms with Crippen molar-refractivity contribution in [2.75, 3.05) is 18.6 Å². The summed E-state index contributed by atoms with van der Waals surface area (Å²) in [4.78, 5) is 0. The summed E-state index contributed by atoms with van der Waals surface area (Å²) in [5, 5.41) is 10.2. The molecule has 2 unspecified atom stereocenters. The van der Waals surface area contributed by atoms with Crippen molar-refractivity contribution < 1.29 is 14.6 Å². The van der Waals surface area contributed by atoms with Gasteiger partial charge in [-0.3, -0.25) is 0 Å². The van der Waals surface area contributed by atoms with Gasteiger partial charge in [0.2, 0.25) is 0 Å². The molecular weight excluding hydrogens is 248 g/mol. The SMILES string of the molecule is CCSCCC1CC(O)c2cc(OC)ccc2O1. The van der Waals surface area contributed by atoms with Crippen molar-refractivity contribution in [3.63, 3.8) is 0 Å². The minimum atomic E-state index is -0.444. The number of ether oxygens (including phenoxy) is 2. The fourth-order valence-corrected chi connectivity index (χ4v) is 2.88. The minimum absolute atomic E-state index is 0.125. The molecule has 1 aromatic carbocycles. The molecule has 1 aromatic rings. The van der Waals surface area contributed by atoms with Gasteiger partial charge in [-0.2, -0.15) is 11.8 Å². The van der Waals surface area contributed by atoms with Crippen LogP contribution in [0.1, 0.15) is 31.4 Å². The molecule has 1 aliphatic rings. The monoisotopic (exact) mass is 268 g/mol. The van der Waals surface area contributed by atoms with Gasteiger partial charge in [-0.15, -0.1) is 0 Å². The maximum Gasteiger partial charge on any atom is 0.125 e. The quantitative estimate of drug-likeness (QED) is 0.833. The Morgan fingerprint density at radius 2 is 2.33 bits per heavy atom. The van der Waals surface area contributed by atoms with Gasteiger partial charge in [-0.25, -0.2) is 0 Å². The first-order chi connectivity index (χ1) is 8.74. The molecule has 2 rings (SSSR count). The molecule has 0 amide bonds. The predicted octanol–water partition coefficient (Wildman–Crippen LogP) is 3.02. The van der Waals surface area contributed by atoms with Crippen molar-refractivity contribution in [2.45, 2.75) is 32.0 Å². The van der Waals surface area contributed by atoms with E-state index in [0.717, 1.165) is 35.0 Å².